The number of benzene rings is 1. The van der Waals surface area contributed by atoms with E-state index in [0.717, 1.165) is 6.42 Å². The maximum Gasteiger partial charge on any atom is 0.254 e. The quantitative estimate of drug-likeness (QED) is 0.655. The lowest BCUT2D eigenvalue weighted by atomic mass is 10.2. The van der Waals surface area contributed by atoms with Gasteiger partial charge in [-0.3, -0.25) is 4.79 Å². The minimum absolute atomic E-state index is 0.113. The molecule has 5 nitrogen and oxygen atoms in total. The van der Waals surface area contributed by atoms with Crippen molar-refractivity contribution in [2.45, 2.75) is 12.5 Å². The van der Waals surface area contributed by atoms with Crippen LogP contribution >= 0.6 is 0 Å². The number of hydrogen-bond acceptors (Lipinski definition) is 4. The molecule has 1 aliphatic rings. The molecular formula is C12H16N2O3. The van der Waals surface area contributed by atoms with E-state index in [9.17, 15) is 15.0 Å². The van der Waals surface area contributed by atoms with Crippen molar-refractivity contribution in [3.63, 3.8) is 0 Å². The van der Waals surface area contributed by atoms with Gasteiger partial charge in [-0.2, -0.15) is 0 Å². The average Bonchev–Trinajstić information content (AvgIpc) is 2.80. The molecule has 1 saturated heterocycles. The van der Waals surface area contributed by atoms with Gasteiger partial charge < -0.3 is 20.4 Å². The summed E-state index contributed by atoms with van der Waals surface area (Å²) in [6.45, 7) is 1.39. The number of nitrogens with zero attached hydrogens (tertiary/aromatic N) is 1. The summed E-state index contributed by atoms with van der Waals surface area (Å²) in [6, 6.07) is 4.48. The number of carbonyl (C=O) groups excluding carboxylic acids is 1. The normalized spacial score (nSPS) is 19.6. The Kier molecular flexibility index (Phi) is 3.19. The molecule has 1 aromatic carbocycles. The highest BCUT2D eigenvalue weighted by Crippen LogP contribution is 2.26. The summed E-state index contributed by atoms with van der Waals surface area (Å²) in [4.78, 5) is 13.8. The van der Waals surface area contributed by atoms with Gasteiger partial charge in [-0.1, -0.05) is 0 Å². The van der Waals surface area contributed by atoms with Gasteiger partial charge in [-0.05, 0) is 31.7 Å². The Bertz CT molecular complexity index is 434. The molecule has 1 amide bonds. The van der Waals surface area contributed by atoms with Gasteiger partial charge in [0, 0.05) is 24.7 Å². The largest absolute Gasteiger partial charge is 0.504 e. The van der Waals surface area contributed by atoms with Gasteiger partial charge in [0.05, 0.1) is 0 Å². The zero-order chi connectivity index (χ0) is 12.4. The summed E-state index contributed by atoms with van der Waals surface area (Å²) >= 11 is 0. The summed E-state index contributed by atoms with van der Waals surface area (Å²) in [5.41, 5.74) is 0.400. The number of amides is 1. The highest BCUT2D eigenvalue weighted by molar-refractivity contribution is 5.95. The molecule has 1 fully saturated rings. The Morgan fingerprint density at radius 3 is 2.76 bits per heavy atom. The van der Waals surface area contributed by atoms with Crippen LogP contribution in [0.25, 0.3) is 0 Å². The summed E-state index contributed by atoms with van der Waals surface area (Å²) in [5, 5.41) is 21.7. The number of hydrogen-bond donors (Lipinski definition) is 3. The van der Waals surface area contributed by atoms with Crippen LogP contribution in [0.5, 0.6) is 11.5 Å². The van der Waals surface area contributed by atoms with Crippen molar-refractivity contribution in [2.75, 3.05) is 20.1 Å². The van der Waals surface area contributed by atoms with E-state index in [1.807, 2.05) is 7.05 Å². The fourth-order valence-corrected chi connectivity index (χ4v) is 2.02. The average molecular weight is 236 g/mol. The zero-order valence-electron chi connectivity index (χ0n) is 9.68. The second-order valence-corrected chi connectivity index (χ2v) is 4.23. The van der Waals surface area contributed by atoms with Crippen LogP contribution < -0.4 is 5.32 Å². The van der Waals surface area contributed by atoms with Crippen molar-refractivity contribution in [1.82, 2.24) is 10.2 Å². The Labute approximate surface area is 99.7 Å². The molecule has 3 N–H and O–H groups in total. The predicted octanol–water partition coefficient (Wildman–Crippen LogP) is 0.532. The molecule has 92 valence electrons. The fourth-order valence-electron chi connectivity index (χ4n) is 2.02. The molecular weight excluding hydrogens is 220 g/mol. The van der Waals surface area contributed by atoms with Crippen LogP contribution in [0.1, 0.15) is 16.8 Å². The fraction of sp³-hybridized carbons (Fsp3) is 0.417. The molecule has 5 heteroatoms. The third-order valence-electron chi connectivity index (χ3n) is 3.11. The molecule has 1 atom stereocenters. The van der Waals surface area contributed by atoms with Crippen molar-refractivity contribution in [3.05, 3.63) is 23.8 Å². The van der Waals surface area contributed by atoms with Crippen molar-refractivity contribution in [3.8, 4) is 11.5 Å². The second kappa shape index (κ2) is 4.63. The number of phenols is 2. The van der Waals surface area contributed by atoms with E-state index in [-0.39, 0.29) is 17.4 Å². The molecule has 1 aromatic rings. The Morgan fingerprint density at radius 1 is 1.41 bits per heavy atom. The third-order valence-corrected chi connectivity index (χ3v) is 3.11. The third kappa shape index (κ3) is 2.34. The van der Waals surface area contributed by atoms with Crippen molar-refractivity contribution >= 4 is 5.91 Å². The lowest BCUT2D eigenvalue weighted by Gasteiger charge is -2.16. The van der Waals surface area contributed by atoms with E-state index >= 15 is 0 Å². The van der Waals surface area contributed by atoms with Crippen molar-refractivity contribution in [1.29, 1.82) is 0 Å². The SMILES string of the molecule is CNC1CCN(C(=O)c2ccc(O)c(O)c2)C1. The van der Waals surface area contributed by atoms with Gasteiger partial charge in [0.15, 0.2) is 11.5 Å². The van der Waals surface area contributed by atoms with E-state index in [2.05, 4.69) is 5.32 Å². The zero-order valence-corrected chi connectivity index (χ0v) is 9.68. The van der Waals surface area contributed by atoms with E-state index in [0.29, 0.717) is 24.7 Å². The first-order valence-electron chi connectivity index (χ1n) is 5.60. The van der Waals surface area contributed by atoms with Crippen molar-refractivity contribution < 1.29 is 15.0 Å². The molecule has 0 bridgehead atoms. The first-order valence-corrected chi connectivity index (χ1v) is 5.60. The smallest absolute Gasteiger partial charge is 0.254 e. The van der Waals surface area contributed by atoms with Crippen LogP contribution in [-0.4, -0.2) is 47.2 Å². The van der Waals surface area contributed by atoms with E-state index in [1.54, 1.807) is 4.90 Å². The highest BCUT2D eigenvalue weighted by Gasteiger charge is 2.26. The van der Waals surface area contributed by atoms with Gasteiger partial charge in [0.1, 0.15) is 0 Å². The monoisotopic (exact) mass is 236 g/mol. The Morgan fingerprint density at radius 2 is 2.18 bits per heavy atom. The molecule has 0 aliphatic carbocycles. The predicted molar refractivity (Wildman–Crippen MR) is 63.1 cm³/mol. The number of carbonyl (C=O) groups is 1. The molecule has 0 saturated carbocycles. The first kappa shape index (κ1) is 11.7. The molecule has 17 heavy (non-hydrogen) atoms. The number of nitrogens with one attached hydrogen (secondary N) is 1. The van der Waals surface area contributed by atoms with Gasteiger partial charge in [0.2, 0.25) is 0 Å². The summed E-state index contributed by atoms with van der Waals surface area (Å²) in [5.74, 6) is -0.589. The van der Waals surface area contributed by atoms with E-state index < -0.39 is 0 Å². The topological polar surface area (TPSA) is 72.8 Å². The maximum absolute atomic E-state index is 12.1. The summed E-state index contributed by atoms with van der Waals surface area (Å²) in [7, 11) is 1.88. The van der Waals surface area contributed by atoms with Crippen LogP contribution in [0.15, 0.2) is 18.2 Å². The van der Waals surface area contributed by atoms with Gasteiger partial charge >= 0.3 is 0 Å². The highest BCUT2D eigenvalue weighted by atomic mass is 16.3. The number of likely N-dealkylation sites (tertiary alicyclic amines) is 1. The van der Waals surface area contributed by atoms with Crippen LogP contribution in [-0.2, 0) is 0 Å². The molecule has 1 aliphatic heterocycles. The minimum atomic E-state index is -0.264. The lowest BCUT2D eigenvalue weighted by Crippen LogP contribution is -2.33. The minimum Gasteiger partial charge on any atom is -0.504 e. The second-order valence-electron chi connectivity index (χ2n) is 4.23. The maximum atomic E-state index is 12.1. The number of phenolic OH excluding ortho intramolecular Hbond substituents is 2. The first-order chi connectivity index (χ1) is 8.11. The van der Waals surface area contributed by atoms with Gasteiger partial charge in [-0.25, -0.2) is 0 Å². The lowest BCUT2D eigenvalue weighted by molar-refractivity contribution is 0.0789. The van der Waals surface area contributed by atoms with Gasteiger partial charge in [-0.15, -0.1) is 0 Å². The summed E-state index contributed by atoms with van der Waals surface area (Å²) < 4.78 is 0. The molecule has 2 rings (SSSR count). The molecule has 0 aromatic heterocycles. The summed E-state index contributed by atoms with van der Waals surface area (Å²) in [6.07, 6.45) is 0.937. The molecule has 0 radical (unpaired) electrons. The van der Waals surface area contributed by atoms with Gasteiger partial charge in [0.25, 0.3) is 5.91 Å². The standard InChI is InChI=1S/C12H16N2O3/c1-13-9-4-5-14(7-9)12(17)8-2-3-10(15)11(16)6-8/h2-3,6,9,13,15-16H,4-5,7H2,1H3. The van der Waals surface area contributed by atoms with E-state index in [4.69, 9.17) is 0 Å². The number of aromatic hydroxyl groups is 2. The molecule has 0 spiro atoms. The molecule has 1 heterocycles. The number of likely N-dealkylation sites (N-methyl/N-ethyl adjacent to an activating group) is 1. The van der Waals surface area contributed by atoms with Crippen LogP contribution in [0.4, 0.5) is 0 Å². The Balaban J connectivity index is 2.12. The number of rotatable bonds is 2. The molecule has 1 unspecified atom stereocenters. The van der Waals surface area contributed by atoms with Crippen LogP contribution in [0.3, 0.4) is 0 Å². The van der Waals surface area contributed by atoms with Crippen molar-refractivity contribution in [2.24, 2.45) is 0 Å². The van der Waals surface area contributed by atoms with E-state index in [1.165, 1.54) is 18.2 Å². The Hall–Kier alpha value is -1.75. The van der Waals surface area contributed by atoms with Crippen LogP contribution in [0.2, 0.25) is 0 Å². The van der Waals surface area contributed by atoms with Crippen LogP contribution in [0, 0.1) is 0 Å².